The van der Waals surface area contributed by atoms with Crippen molar-refractivity contribution in [1.29, 1.82) is 5.26 Å². The smallest absolute Gasteiger partial charge is 0.205 e. The van der Waals surface area contributed by atoms with Crippen LogP contribution in [0.4, 0.5) is 0 Å². The van der Waals surface area contributed by atoms with Gasteiger partial charge < -0.3 is 15.2 Å². The standard InChI is InChI=1S/C18H17BrN2O3/c1-2-23-14-7-6-10(19)8-11(14)16-12(9-20)18(21)24-15-5-3-4-13(22)17(15)16/h6-8,16H,2-5,21H2,1H3/t16-/m1/s1. The number of allylic oxidation sites excluding steroid dienone is 3. The highest BCUT2D eigenvalue weighted by molar-refractivity contribution is 9.10. The highest BCUT2D eigenvalue weighted by atomic mass is 79.9. The second-order valence-corrected chi connectivity index (χ2v) is 6.57. The summed E-state index contributed by atoms with van der Waals surface area (Å²) < 4.78 is 12.1. The lowest BCUT2D eigenvalue weighted by molar-refractivity contribution is -0.116. The summed E-state index contributed by atoms with van der Waals surface area (Å²) in [6.07, 6.45) is 1.83. The number of ether oxygens (including phenoxy) is 2. The van der Waals surface area contributed by atoms with Crippen molar-refractivity contribution >= 4 is 21.7 Å². The van der Waals surface area contributed by atoms with E-state index in [0.717, 1.165) is 16.5 Å². The molecule has 6 heteroatoms. The molecule has 24 heavy (non-hydrogen) atoms. The predicted molar refractivity (Wildman–Crippen MR) is 91.8 cm³/mol. The van der Waals surface area contributed by atoms with Crippen molar-refractivity contribution in [2.24, 2.45) is 5.73 Å². The van der Waals surface area contributed by atoms with Crippen LogP contribution in [0.25, 0.3) is 0 Å². The summed E-state index contributed by atoms with van der Waals surface area (Å²) in [5.41, 5.74) is 7.50. The average molecular weight is 389 g/mol. The molecule has 1 atom stereocenters. The van der Waals surface area contributed by atoms with Crippen LogP contribution in [0.3, 0.4) is 0 Å². The summed E-state index contributed by atoms with van der Waals surface area (Å²) in [5, 5.41) is 9.61. The van der Waals surface area contributed by atoms with E-state index in [1.807, 2.05) is 25.1 Å². The molecule has 3 rings (SSSR count). The van der Waals surface area contributed by atoms with E-state index >= 15 is 0 Å². The maximum Gasteiger partial charge on any atom is 0.205 e. The zero-order valence-corrected chi connectivity index (χ0v) is 14.9. The fraction of sp³-hybridized carbons (Fsp3) is 0.333. The van der Waals surface area contributed by atoms with Crippen LogP contribution >= 0.6 is 15.9 Å². The predicted octanol–water partition coefficient (Wildman–Crippen LogP) is 3.66. The minimum Gasteiger partial charge on any atom is -0.494 e. The van der Waals surface area contributed by atoms with Crippen molar-refractivity contribution < 1.29 is 14.3 Å². The van der Waals surface area contributed by atoms with E-state index < -0.39 is 5.92 Å². The summed E-state index contributed by atoms with van der Waals surface area (Å²) >= 11 is 3.46. The van der Waals surface area contributed by atoms with Gasteiger partial charge in [-0.1, -0.05) is 15.9 Å². The van der Waals surface area contributed by atoms with Gasteiger partial charge in [0.1, 0.15) is 23.2 Å². The third kappa shape index (κ3) is 2.80. The number of nitriles is 1. The highest BCUT2D eigenvalue weighted by Gasteiger charge is 2.39. The molecule has 1 aliphatic carbocycles. The summed E-state index contributed by atoms with van der Waals surface area (Å²) in [5.74, 6) is 0.737. The molecule has 1 aromatic rings. The number of nitrogens with zero attached hydrogens (tertiary/aromatic N) is 1. The van der Waals surface area contributed by atoms with Gasteiger partial charge in [-0.15, -0.1) is 0 Å². The number of ketones is 1. The van der Waals surface area contributed by atoms with Crippen LogP contribution in [0, 0.1) is 11.3 Å². The first-order valence-electron chi connectivity index (χ1n) is 7.82. The molecule has 2 aliphatic rings. The van der Waals surface area contributed by atoms with E-state index in [4.69, 9.17) is 15.2 Å². The molecule has 0 fully saturated rings. The largest absolute Gasteiger partial charge is 0.494 e. The van der Waals surface area contributed by atoms with Crippen LogP contribution in [-0.2, 0) is 9.53 Å². The Morgan fingerprint density at radius 3 is 2.96 bits per heavy atom. The fourth-order valence-electron chi connectivity index (χ4n) is 3.20. The number of Topliss-reactive ketones (excluding diaryl/α,β-unsaturated/α-hetero) is 1. The average Bonchev–Trinajstić information content (AvgIpc) is 2.55. The second kappa shape index (κ2) is 6.70. The van der Waals surface area contributed by atoms with Gasteiger partial charge in [-0.25, -0.2) is 0 Å². The molecule has 0 aromatic heterocycles. The first kappa shape index (κ1) is 16.6. The molecule has 0 amide bonds. The minimum atomic E-state index is -0.550. The Labute approximate surface area is 148 Å². The van der Waals surface area contributed by atoms with Crippen LogP contribution in [0.1, 0.15) is 37.7 Å². The topological polar surface area (TPSA) is 85.3 Å². The van der Waals surface area contributed by atoms with E-state index in [2.05, 4.69) is 22.0 Å². The lowest BCUT2D eigenvalue weighted by Crippen LogP contribution is -2.27. The highest BCUT2D eigenvalue weighted by Crippen LogP contribution is 2.46. The molecular weight excluding hydrogens is 372 g/mol. The van der Waals surface area contributed by atoms with Crippen LogP contribution < -0.4 is 10.5 Å². The lowest BCUT2D eigenvalue weighted by atomic mass is 9.77. The molecule has 0 saturated carbocycles. The lowest BCUT2D eigenvalue weighted by Gasteiger charge is -2.31. The third-order valence-corrected chi connectivity index (χ3v) is 4.68. The molecule has 0 radical (unpaired) electrons. The molecule has 1 aromatic carbocycles. The molecule has 1 heterocycles. The number of hydrogen-bond acceptors (Lipinski definition) is 5. The number of carbonyl (C=O) groups excluding carboxylic acids is 1. The molecule has 2 N–H and O–H groups in total. The summed E-state index contributed by atoms with van der Waals surface area (Å²) in [6, 6.07) is 7.69. The zero-order valence-electron chi connectivity index (χ0n) is 13.3. The Morgan fingerprint density at radius 2 is 2.25 bits per heavy atom. The van der Waals surface area contributed by atoms with Gasteiger partial charge in [-0.05, 0) is 31.5 Å². The first-order valence-corrected chi connectivity index (χ1v) is 8.62. The normalized spacial score (nSPS) is 20.4. The van der Waals surface area contributed by atoms with Crippen LogP contribution in [0.15, 0.2) is 45.5 Å². The number of hydrogen-bond donors (Lipinski definition) is 1. The number of rotatable bonds is 3. The van der Waals surface area contributed by atoms with Crippen molar-refractivity contribution in [3.63, 3.8) is 0 Å². The van der Waals surface area contributed by atoms with Crippen LogP contribution in [-0.4, -0.2) is 12.4 Å². The van der Waals surface area contributed by atoms with E-state index in [1.54, 1.807) is 0 Å². The Hall–Kier alpha value is -2.26. The SMILES string of the molecule is CCOc1ccc(Br)cc1[C@@H]1C(C#N)=C(N)OC2=C1C(=O)CCC2. The Bertz CT molecular complexity index is 805. The summed E-state index contributed by atoms with van der Waals surface area (Å²) in [4.78, 5) is 12.6. The molecule has 0 saturated heterocycles. The van der Waals surface area contributed by atoms with Crippen molar-refractivity contribution in [1.82, 2.24) is 0 Å². The molecule has 5 nitrogen and oxygen atoms in total. The van der Waals surface area contributed by atoms with Gasteiger partial charge in [0.05, 0.1) is 12.5 Å². The second-order valence-electron chi connectivity index (χ2n) is 5.65. The Kier molecular flexibility index (Phi) is 4.63. The van der Waals surface area contributed by atoms with Gasteiger partial charge in [0.2, 0.25) is 5.88 Å². The molecule has 1 aliphatic heterocycles. The van der Waals surface area contributed by atoms with Gasteiger partial charge in [0.15, 0.2) is 5.78 Å². The van der Waals surface area contributed by atoms with Gasteiger partial charge in [-0.2, -0.15) is 5.26 Å². The first-order chi connectivity index (χ1) is 11.6. The van der Waals surface area contributed by atoms with E-state index in [9.17, 15) is 10.1 Å². The van der Waals surface area contributed by atoms with Gasteiger partial charge in [-0.3, -0.25) is 4.79 Å². The quantitative estimate of drug-likeness (QED) is 0.853. The van der Waals surface area contributed by atoms with E-state index in [-0.39, 0.29) is 17.2 Å². The monoisotopic (exact) mass is 388 g/mol. The fourth-order valence-corrected chi connectivity index (χ4v) is 3.58. The van der Waals surface area contributed by atoms with Crippen LogP contribution in [0.5, 0.6) is 5.75 Å². The van der Waals surface area contributed by atoms with Crippen molar-refractivity contribution in [3.05, 3.63) is 51.0 Å². The zero-order chi connectivity index (χ0) is 17.3. The van der Waals surface area contributed by atoms with Crippen molar-refractivity contribution in [2.45, 2.75) is 32.1 Å². The number of halogens is 1. The third-order valence-electron chi connectivity index (χ3n) is 4.19. The molecular formula is C18H17BrN2O3. The number of benzene rings is 1. The van der Waals surface area contributed by atoms with Gasteiger partial charge >= 0.3 is 0 Å². The van der Waals surface area contributed by atoms with Crippen LogP contribution in [0.2, 0.25) is 0 Å². The molecule has 0 unspecified atom stereocenters. The maximum atomic E-state index is 12.6. The van der Waals surface area contributed by atoms with Crippen molar-refractivity contribution in [3.8, 4) is 11.8 Å². The molecule has 0 spiro atoms. The minimum absolute atomic E-state index is 0.00363. The van der Waals surface area contributed by atoms with E-state index in [1.165, 1.54) is 0 Å². The summed E-state index contributed by atoms with van der Waals surface area (Å²) in [6.45, 7) is 2.38. The molecule has 0 bridgehead atoms. The number of nitrogens with two attached hydrogens (primary N) is 1. The van der Waals surface area contributed by atoms with Gasteiger partial charge in [0.25, 0.3) is 0 Å². The Morgan fingerprint density at radius 1 is 1.46 bits per heavy atom. The van der Waals surface area contributed by atoms with Gasteiger partial charge in [0, 0.05) is 28.5 Å². The summed E-state index contributed by atoms with van der Waals surface area (Å²) in [7, 11) is 0. The van der Waals surface area contributed by atoms with E-state index in [0.29, 0.717) is 36.5 Å². The molecule has 124 valence electrons. The maximum absolute atomic E-state index is 12.6. The Balaban J connectivity index is 2.23. The van der Waals surface area contributed by atoms with Crippen molar-refractivity contribution in [2.75, 3.05) is 6.61 Å². The number of carbonyl (C=O) groups is 1.